The van der Waals surface area contributed by atoms with Gasteiger partial charge in [-0.2, -0.15) is 0 Å². The Kier molecular flexibility index (Phi) is 9.69. The van der Waals surface area contributed by atoms with Gasteiger partial charge in [-0.05, 0) is 110 Å². The molecule has 1 fully saturated rings. The maximum atomic E-state index is 12.4. The molecule has 0 spiro atoms. The number of pyridine rings is 1. The second kappa shape index (κ2) is 12.4. The molecular weight excluding hydrogens is 500 g/mol. The van der Waals surface area contributed by atoms with Crippen molar-refractivity contribution >= 4 is 29.1 Å². The number of halogens is 1. The molecular formula is C30H43ClN4O3. The van der Waals surface area contributed by atoms with Crippen LogP contribution in [-0.2, 0) is 11.3 Å². The Bertz CT molecular complexity index is 1240. The number of aromatic amines is 1. The number of ether oxygens (including phenoxy) is 1. The van der Waals surface area contributed by atoms with Crippen molar-refractivity contribution in [3.63, 3.8) is 0 Å². The summed E-state index contributed by atoms with van der Waals surface area (Å²) in [6.45, 7) is 16.9. The molecule has 3 rings (SSSR count). The van der Waals surface area contributed by atoms with Crippen LogP contribution < -0.4 is 15.8 Å². The third kappa shape index (κ3) is 7.62. The van der Waals surface area contributed by atoms with Gasteiger partial charge in [-0.1, -0.05) is 11.6 Å². The molecule has 1 aliphatic rings. The number of carbonyl (C=O) groups excluding carboxylic acids is 1. The third-order valence-corrected chi connectivity index (χ3v) is 7.43. The van der Waals surface area contributed by atoms with Crippen molar-refractivity contribution < 1.29 is 9.53 Å². The molecule has 8 heteroatoms. The second-order valence-electron chi connectivity index (χ2n) is 11.4. The number of hydrogen-bond acceptors (Lipinski definition) is 5. The molecule has 0 unspecified atom stereocenters. The Morgan fingerprint density at radius 3 is 2.39 bits per heavy atom. The molecule has 0 radical (unpaired) electrons. The first-order chi connectivity index (χ1) is 17.8. The summed E-state index contributed by atoms with van der Waals surface area (Å²) < 4.78 is 5.43. The minimum Gasteiger partial charge on any atom is -0.444 e. The summed E-state index contributed by atoms with van der Waals surface area (Å²) in [5.41, 5.74) is 5.97. The highest BCUT2D eigenvalue weighted by molar-refractivity contribution is 6.31. The number of anilines is 1. The number of alkyl carbamates (subject to hydrolysis) is 1. The standard InChI is InChI=1S/C30H43ClN4O3/c1-9-35(24-12-10-23(11-13-24)34-29(37)38-30(6,7)8)27-16-22(31)15-25(20(27)4)21(5)32-17-26-18(2)14-19(3)33-28(26)36/h14-16,23-24H,9-13,17H2,1-8H3,(H,33,36)(H,34,37). The van der Waals surface area contributed by atoms with Gasteiger partial charge in [-0.3, -0.25) is 9.79 Å². The van der Waals surface area contributed by atoms with E-state index >= 15 is 0 Å². The molecule has 0 saturated heterocycles. The minimum absolute atomic E-state index is 0.0866. The number of aryl methyl sites for hydroxylation is 2. The van der Waals surface area contributed by atoms with Crippen molar-refractivity contribution in [1.82, 2.24) is 10.3 Å². The number of amides is 1. The lowest BCUT2D eigenvalue weighted by Gasteiger charge is -2.39. The van der Waals surface area contributed by atoms with E-state index in [2.05, 4.69) is 29.0 Å². The Labute approximate surface area is 232 Å². The number of aliphatic imine (C=N–C) groups is 1. The Hall–Kier alpha value is -2.80. The van der Waals surface area contributed by atoms with E-state index in [0.29, 0.717) is 23.2 Å². The van der Waals surface area contributed by atoms with E-state index in [9.17, 15) is 9.59 Å². The van der Waals surface area contributed by atoms with Gasteiger partial charge in [0.15, 0.2) is 0 Å². The first-order valence-electron chi connectivity index (χ1n) is 13.6. The zero-order valence-electron chi connectivity index (χ0n) is 24.1. The molecule has 1 aromatic heterocycles. The van der Waals surface area contributed by atoms with Crippen LogP contribution in [0.15, 0.2) is 28.0 Å². The average Bonchev–Trinajstić information content (AvgIpc) is 2.80. The van der Waals surface area contributed by atoms with Gasteiger partial charge in [0.2, 0.25) is 0 Å². The topological polar surface area (TPSA) is 86.8 Å². The number of aromatic nitrogens is 1. The fraction of sp³-hybridized carbons (Fsp3) is 0.567. The quantitative estimate of drug-likeness (QED) is 0.385. The molecule has 2 N–H and O–H groups in total. The Morgan fingerprint density at radius 1 is 1.16 bits per heavy atom. The second-order valence-corrected chi connectivity index (χ2v) is 11.8. The molecule has 208 valence electrons. The molecule has 1 aromatic carbocycles. The largest absolute Gasteiger partial charge is 0.444 e. The summed E-state index contributed by atoms with van der Waals surface area (Å²) in [6, 6.07) is 6.45. The number of nitrogens with one attached hydrogen (secondary N) is 2. The highest BCUT2D eigenvalue weighted by atomic mass is 35.5. The summed E-state index contributed by atoms with van der Waals surface area (Å²) in [5.74, 6) is 0. The minimum atomic E-state index is -0.502. The molecule has 0 bridgehead atoms. The first-order valence-corrected chi connectivity index (χ1v) is 13.9. The van der Waals surface area contributed by atoms with Gasteiger partial charge in [0.25, 0.3) is 5.56 Å². The first kappa shape index (κ1) is 29.8. The molecule has 0 aliphatic heterocycles. The Morgan fingerprint density at radius 2 is 1.82 bits per heavy atom. The average molecular weight is 543 g/mol. The number of nitrogens with zero attached hydrogens (tertiary/aromatic N) is 2. The van der Waals surface area contributed by atoms with E-state index in [4.69, 9.17) is 21.3 Å². The lowest BCUT2D eigenvalue weighted by Crippen LogP contribution is -2.45. The SMILES string of the molecule is CCN(c1cc(Cl)cc(C(C)=NCc2c(C)cc(C)[nH]c2=O)c1C)C1CCC(NC(=O)OC(C)(C)C)CC1. The van der Waals surface area contributed by atoms with Crippen LogP contribution >= 0.6 is 11.6 Å². The summed E-state index contributed by atoms with van der Waals surface area (Å²) in [7, 11) is 0. The summed E-state index contributed by atoms with van der Waals surface area (Å²) in [4.78, 5) is 34.7. The number of carbonyl (C=O) groups is 1. The van der Waals surface area contributed by atoms with E-state index in [1.54, 1.807) is 0 Å². The number of H-pyrrole nitrogens is 1. The maximum absolute atomic E-state index is 12.4. The van der Waals surface area contributed by atoms with E-state index in [0.717, 1.165) is 66.0 Å². The van der Waals surface area contributed by atoms with Gasteiger partial charge in [-0.15, -0.1) is 0 Å². The van der Waals surface area contributed by atoms with E-state index in [-0.39, 0.29) is 17.7 Å². The van der Waals surface area contributed by atoms with Crippen LogP contribution in [0, 0.1) is 20.8 Å². The van der Waals surface area contributed by atoms with Crippen LogP contribution in [-0.4, -0.2) is 41.0 Å². The van der Waals surface area contributed by atoms with Gasteiger partial charge in [-0.25, -0.2) is 4.79 Å². The van der Waals surface area contributed by atoms with Crippen molar-refractivity contribution in [2.45, 2.75) is 105 Å². The van der Waals surface area contributed by atoms with Crippen molar-refractivity contribution in [3.8, 4) is 0 Å². The van der Waals surface area contributed by atoms with Crippen LogP contribution in [0.3, 0.4) is 0 Å². The van der Waals surface area contributed by atoms with Gasteiger partial charge in [0, 0.05) is 51.9 Å². The van der Waals surface area contributed by atoms with Crippen LogP contribution in [0.4, 0.5) is 10.5 Å². The highest BCUT2D eigenvalue weighted by Gasteiger charge is 2.29. The molecule has 1 heterocycles. The van der Waals surface area contributed by atoms with Gasteiger partial charge < -0.3 is 19.9 Å². The highest BCUT2D eigenvalue weighted by Crippen LogP contribution is 2.34. The molecule has 2 aromatic rings. The van der Waals surface area contributed by atoms with Gasteiger partial charge in [0.1, 0.15) is 5.60 Å². The molecule has 7 nitrogen and oxygen atoms in total. The van der Waals surface area contributed by atoms with Crippen molar-refractivity contribution in [3.05, 3.63) is 61.5 Å². The normalized spacial score (nSPS) is 18.3. The van der Waals surface area contributed by atoms with E-state index < -0.39 is 5.60 Å². The predicted octanol–water partition coefficient (Wildman–Crippen LogP) is 6.62. The van der Waals surface area contributed by atoms with E-state index in [1.165, 1.54) is 0 Å². The zero-order chi connectivity index (χ0) is 28.2. The van der Waals surface area contributed by atoms with Crippen LogP contribution in [0.2, 0.25) is 5.02 Å². The van der Waals surface area contributed by atoms with Gasteiger partial charge in [0.05, 0.1) is 6.54 Å². The van der Waals surface area contributed by atoms with Crippen LogP contribution in [0.1, 0.15) is 88.2 Å². The molecule has 1 saturated carbocycles. The molecule has 1 aliphatic carbocycles. The summed E-state index contributed by atoms with van der Waals surface area (Å²) >= 11 is 6.63. The third-order valence-electron chi connectivity index (χ3n) is 7.21. The fourth-order valence-corrected chi connectivity index (χ4v) is 5.54. The summed E-state index contributed by atoms with van der Waals surface area (Å²) in [5, 5.41) is 3.70. The van der Waals surface area contributed by atoms with Crippen LogP contribution in [0.5, 0.6) is 0 Å². The maximum Gasteiger partial charge on any atom is 0.407 e. The lowest BCUT2D eigenvalue weighted by molar-refractivity contribution is 0.0491. The van der Waals surface area contributed by atoms with Gasteiger partial charge >= 0.3 is 6.09 Å². The van der Waals surface area contributed by atoms with Crippen LogP contribution in [0.25, 0.3) is 0 Å². The van der Waals surface area contributed by atoms with E-state index in [1.807, 2.05) is 59.7 Å². The molecule has 1 amide bonds. The number of hydrogen-bond donors (Lipinski definition) is 2. The number of benzene rings is 1. The number of rotatable bonds is 7. The molecule has 38 heavy (non-hydrogen) atoms. The lowest BCUT2D eigenvalue weighted by atomic mass is 9.89. The predicted molar refractivity (Wildman–Crippen MR) is 157 cm³/mol. The zero-order valence-corrected chi connectivity index (χ0v) is 24.9. The molecule has 0 atom stereocenters. The summed E-state index contributed by atoms with van der Waals surface area (Å²) in [6.07, 6.45) is 3.40. The smallest absolute Gasteiger partial charge is 0.407 e. The van der Waals surface area contributed by atoms with Crippen molar-refractivity contribution in [1.29, 1.82) is 0 Å². The van der Waals surface area contributed by atoms with Crippen molar-refractivity contribution in [2.75, 3.05) is 11.4 Å². The monoisotopic (exact) mass is 542 g/mol. The fourth-order valence-electron chi connectivity index (χ4n) is 5.33. The van der Waals surface area contributed by atoms with Crippen molar-refractivity contribution in [2.24, 2.45) is 4.99 Å². The Balaban J connectivity index is 1.76.